The molecule has 20 heavy (non-hydrogen) atoms. The van der Waals surface area contributed by atoms with E-state index in [0.717, 1.165) is 22.9 Å². The third-order valence-corrected chi connectivity index (χ3v) is 6.43. The molecule has 1 saturated heterocycles. The first kappa shape index (κ1) is 15.9. The molecule has 6 heteroatoms. The van der Waals surface area contributed by atoms with Crippen LogP contribution in [0, 0.1) is 12.8 Å². The van der Waals surface area contributed by atoms with Crippen molar-refractivity contribution in [2.45, 2.75) is 37.6 Å². The molecule has 2 N–H and O–H groups in total. The topological polar surface area (TPSA) is 63.4 Å². The summed E-state index contributed by atoms with van der Waals surface area (Å²) in [5, 5.41) is 0. The van der Waals surface area contributed by atoms with Crippen LogP contribution in [-0.2, 0) is 10.0 Å². The van der Waals surface area contributed by atoms with Crippen molar-refractivity contribution in [3.05, 3.63) is 28.2 Å². The standard InChI is InChI=1S/C14H21BrN2O2S/c1-10-5-6-13(15)8-14(10)20(18,19)17-7-3-4-12(9-17)11(2)16/h5-6,8,11-12H,3-4,7,9,16H2,1-2H3/t11-,12-/m1/s1. The Kier molecular flexibility index (Phi) is 4.89. The molecule has 0 aromatic heterocycles. The molecule has 0 aliphatic carbocycles. The fourth-order valence-electron chi connectivity index (χ4n) is 2.61. The van der Waals surface area contributed by atoms with Gasteiger partial charge in [0.15, 0.2) is 0 Å². The summed E-state index contributed by atoms with van der Waals surface area (Å²) in [5.41, 5.74) is 6.71. The maximum absolute atomic E-state index is 12.8. The zero-order valence-corrected chi connectivity index (χ0v) is 14.2. The molecule has 0 spiro atoms. The lowest BCUT2D eigenvalue weighted by molar-refractivity contribution is 0.243. The molecule has 1 aromatic carbocycles. The highest BCUT2D eigenvalue weighted by Gasteiger charge is 2.32. The smallest absolute Gasteiger partial charge is 0.243 e. The minimum atomic E-state index is -3.43. The first-order chi connectivity index (χ1) is 9.32. The van der Waals surface area contributed by atoms with Gasteiger partial charge in [-0.05, 0) is 50.3 Å². The number of piperidine rings is 1. The van der Waals surface area contributed by atoms with Crippen LogP contribution in [0.1, 0.15) is 25.3 Å². The summed E-state index contributed by atoms with van der Waals surface area (Å²) in [4.78, 5) is 0.386. The van der Waals surface area contributed by atoms with Crippen molar-refractivity contribution in [3.8, 4) is 0 Å². The lowest BCUT2D eigenvalue weighted by atomic mass is 9.93. The highest BCUT2D eigenvalue weighted by atomic mass is 79.9. The van der Waals surface area contributed by atoms with Gasteiger partial charge in [0.2, 0.25) is 10.0 Å². The van der Waals surface area contributed by atoms with Gasteiger partial charge >= 0.3 is 0 Å². The molecular formula is C14H21BrN2O2S. The van der Waals surface area contributed by atoms with Gasteiger partial charge in [-0.2, -0.15) is 4.31 Å². The van der Waals surface area contributed by atoms with Crippen molar-refractivity contribution < 1.29 is 8.42 Å². The first-order valence-electron chi connectivity index (χ1n) is 6.84. The molecule has 0 bridgehead atoms. The van der Waals surface area contributed by atoms with Crippen LogP contribution in [0.25, 0.3) is 0 Å². The number of rotatable bonds is 3. The summed E-state index contributed by atoms with van der Waals surface area (Å²) in [7, 11) is -3.43. The van der Waals surface area contributed by atoms with Gasteiger partial charge in [0.1, 0.15) is 0 Å². The van der Waals surface area contributed by atoms with Crippen LogP contribution in [-0.4, -0.2) is 31.9 Å². The molecule has 0 radical (unpaired) electrons. The fourth-order valence-corrected chi connectivity index (χ4v) is 4.91. The van der Waals surface area contributed by atoms with E-state index in [1.54, 1.807) is 10.4 Å². The van der Waals surface area contributed by atoms with Crippen LogP contribution in [0.4, 0.5) is 0 Å². The van der Waals surface area contributed by atoms with Gasteiger partial charge in [-0.3, -0.25) is 0 Å². The average molecular weight is 361 g/mol. The number of aryl methyl sites for hydroxylation is 1. The lowest BCUT2D eigenvalue weighted by Crippen LogP contribution is -2.45. The number of halogens is 1. The Hall–Kier alpha value is -0.430. The maximum atomic E-state index is 12.8. The Morgan fingerprint density at radius 2 is 2.15 bits per heavy atom. The Morgan fingerprint density at radius 3 is 2.80 bits per heavy atom. The first-order valence-corrected chi connectivity index (χ1v) is 9.07. The molecular weight excluding hydrogens is 340 g/mol. The SMILES string of the molecule is Cc1ccc(Br)cc1S(=O)(=O)N1CCC[C@@H]([C@@H](C)N)C1. The monoisotopic (exact) mass is 360 g/mol. The van der Waals surface area contributed by atoms with Gasteiger partial charge in [-0.25, -0.2) is 8.42 Å². The van der Waals surface area contributed by atoms with Gasteiger partial charge in [-0.1, -0.05) is 22.0 Å². The van der Waals surface area contributed by atoms with Crippen molar-refractivity contribution in [3.63, 3.8) is 0 Å². The van der Waals surface area contributed by atoms with Gasteiger partial charge < -0.3 is 5.73 Å². The summed E-state index contributed by atoms with van der Waals surface area (Å²) < 4.78 is 27.9. The number of nitrogens with zero attached hydrogens (tertiary/aromatic N) is 1. The van der Waals surface area contributed by atoms with Crippen LogP contribution in [0.15, 0.2) is 27.6 Å². The van der Waals surface area contributed by atoms with E-state index in [4.69, 9.17) is 5.73 Å². The molecule has 112 valence electrons. The molecule has 2 rings (SSSR count). The predicted octanol–water partition coefficient (Wildman–Crippen LogP) is 2.51. The number of sulfonamides is 1. The van der Waals surface area contributed by atoms with Crippen molar-refractivity contribution in [1.29, 1.82) is 0 Å². The molecule has 1 aromatic rings. The summed E-state index contributed by atoms with van der Waals surface area (Å²) in [6.45, 7) is 4.88. The van der Waals surface area contributed by atoms with E-state index >= 15 is 0 Å². The van der Waals surface area contributed by atoms with Crippen LogP contribution < -0.4 is 5.73 Å². The average Bonchev–Trinajstić information content (AvgIpc) is 2.41. The van der Waals surface area contributed by atoms with Gasteiger partial charge in [0.25, 0.3) is 0 Å². The van der Waals surface area contributed by atoms with Crippen molar-refractivity contribution in [1.82, 2.24) is 4.31 Å². The Labute approximate surface area is 129 Å². The molecule has 1 fully saturated rings. The molecule has 2 atom stereocenters. The Bertz CT molecular complexity index is 587. The molecule has 1 aliphatic heterocycles. The van der Waals surface area contributed by atoms with Gasteiger partial charge in [0.05, 0.1) is 4.90 Å². The van der Waals surface area contributed by atoms with Crippen molar-refractivity contribution >= 4 is 26.0 Å². The fraction of sp³-hybridized carbons (Fsp3) is 0.571. The second-order valence-corrected chi connectivity index (χ2v) is 8.36. The second kappa shape index (κ2) is 6.13. The normalized spacial score (nSPS) is 22.7. The molecule has 0 saturated carbocycles. The van der Waals surface area contributed by atoms with Crippen LogP contribution >= 0.6 is 15.9 Å². The molecule has 4 nitrogen and oxygen atoms in total. The largest absolute Gasteiger partial charge is 0.328 e. The molecule has 1 aliphatic rings. The second-order valence-electron chi connectivity index (χ2n) is 5.53. The van der Waals surface area contributed by atoms with E-state index in [-0.39, 0.29) is 12.0 Å². The van der Waals surface area contributed by atoms with Gasteiger partial charge in [-0.15, -0.1) is 0 Å². The third kappa shape index (κ3) is 3.24. The third-order valence-electron chi connectivity index (χ3n) is 3.93. The molecule has 1 heterocycles. The number of nitrogens with two attached hydrogens (primary N) is 1. The number of hydrogen-bond acceptors (Lipinski definition) is 3. The van der Waals surface area contributed by atoms with Crippen molar-refractivity contribution in [2.75, 3.05) is 13.1 Å². The van der Waals surface area contributed by atoms with E-state index in [2.05, 4.69) is 15.9 Å². The van der Waals surface area contributed by atoms with Crippen LogP contribution in [0.5, 0.6) is 0 Å². The van der Waals surface area contributed by atoms with Crippen molar-refractivity contribution in [2.24, 2.45) is 11.7 Å². The zero-order chi connectivity index (χ0) is 14.9. The molecule has 0 amide bonds. The number of benzene rings is 1. The summed E-state index contributed by atoms with van der Waals surface area (Å²) in [6.07, 6.45) is 1.87. The summed E-state index contributed by atoms with van der Waals surface area (Å²) in [5.74, 6) is 0.242. The van der Waals surface area contributed by atoms with Gasteiger partial charge in [0, 0.05) is 23.6 Å². The quantitative estimate of drug-likeness (QED) is 0.900. The number of hydrogen-bond donors (Lipinski definition) is 1. The minimum absolute atomic E-state index is 0.0246. The van der Waals surface area contributed by atoms with E-state index in [0.29, 0.717) is 18.0 Å². The van der Waals surface area contributed by atoms with E-state index in [1.165, 1.54) is 0 Å². The van der Waals surface area contributed by atoms with Crippen LogP contribution in [0.2, 0.25) is 0 Å². The van der Waals surface area contributed by atoms with E-state index < -0.39 is 10.0 Å². The van der Waals surface area contributed by atoms with E-state index in [1.807, 2.05) is 26.0 Å². The summed E-state index contributed by atoms with van der Waals surface area (Å²) >= 11 is 3.34. The lowest BCUT2D eigenvalue weighted by Gasteiger charge is -2.34. The highest BCUT2D eigenvalue weighted by Crippen LogP contribution is 2.28. The zero-order valence-electron chi connectivity index (χ0n) is 11.8. The van der Waals surface area contributed by atoms with Crippen LogP contribution in [0.3, 0.4) is 0 Å². The molecule has 0 unspecified atom stereocenters. The van der Waals surface area contributed by atoms with E-state index in [9.17, 15) is 8.42 Å². The Balaban J connectivity index is 2.32. The minimum Gasteiger partial charge on any atom is -0.328 e. The summed E-state index contributed by atoms with van der Waals surface area (Å²) in [6, 6.07) is 5.39. The highest BCUT2D eigenvalue weighted by molar-refractivity contribution is 9.10. The predicted molar refractivity (Wildman–Crippen MR) is 84.0 cm³/mol. The maximum Gasteiger partial charge on any atom is 0.243 e. The Morgan fingerprint density at radius 1 is 1.45 bits per heavy atom.